The van der Waals surface area contributed by atoms with Gasteiger partial charge in [-0.2, -0.15) is 0 Å². The molecule has 0 saturated carbocycles. The second-order valence-electron chi connectivity index (χ2n) is 5.74. The lowest BCUT2D eigenvalue weighted by atomic mass is 9.93. The molecule has 3 heteroatoms. The molecule has 21 heavy (non-hydrogen) atoms. The summed E-state index contributed by atoms with van der Waals surface area (Å²) < 4.78 is 5.36. The fraction of sp³-hybridized carbons (Fsp3) is 0.611. The number of ether oxygens (including phenoxy) is 1. The van der Waals surface area contributed by atoms with Crippen LogP contribution in [0.2, 0.25) is 0 Å². The van der Waals surface area contributed by atoms with Crippen molar-refractivity contribution in [2.45, 2.75) is 58.0 Å². The van der Waals surface area contributed by atoms with Crippen molar-refractivity contribution in [2.75, 3.05) is 13.2 Å². The first-order valence-electron chi connectivity index (χ1n) is 8.25. The lowest BCUT2D eigenvalue weighted by molar-refractivity contribution is -0.151. The molecule has 2 atom stereocenters. The predicted octanol–water partition coefficient (Wildman–Crippen LogP) is 3.95. The molecule has 1 fully saturated rings. The molecule has 1 aromatic carbocycles. The molecule has 0 spiro atoms. The maximum atomic E-state index is 12.5. The van der Waals surface area contributed by atoms with Crippen molar-refractivity contribution < 1.29 is 9.53 Å². The van der Waals surface area contributed by atoms with Gasteiger partial charge in [-0.25, -0.2) is 4.79 Å². The van der Waals surface area contributed by atoms with E-state index in [1.54, 1.807) is 0 Å². The van der Waals surface area contributed by atoms with Crippen molar-refractivity contribution in [1.29, 1.82) is 0 Å². The van der Waals surface area contributed by atoms with Gasteiger partial charge in [-0.1, -0.05) is 50.1 Å². The van der Waals surface area contributed by atoms with Gasteiger partial charge in [0, 0.05) is 6.04 Å². The predicted molar refractivity (Wildman–Crippen MR) is 85.1 cm³/mol. The van der Waals surface area contributed by atoms with Crippen LogP contribution in [0.5, 0.6) is 0 Å². The van der Waals surface area contributed by atoms with Crippen LogP contribution in [0.3, 0.4) is 0 Å². The van der Waals surface area contributed by atoms with E-state index in [0.29, 0.717) is 12.6 Å². The van der Waals surface area contributed by atoms with Crippen LogP contribution in [0, 0.1) is 0 Å². The monoisotopic (exact) mass is 289 g/mol. The smallest absolute Gasteiger partial charge is 0.328 e. The number of benzene rings is 1. The Kier molecular flexibility index (Phi) is 6.24. The third-order valence-electron chi connectivity index (χ3n) is 4.25. The molecule has 0 aliphatic carbocycles. The quantitative estimate of drug-likeness (QED) is 0.743. The van der Waals surface area contributed by atoms with Gasteiger partial charge in [-0.3, -0.25) is 4.90 Å². The Hall–Kier alpha value is -1.35. The minimum Gasteiger partial charge on any atom is -0.465 e. The van der Waals surface area contributed by atoms with E-state index in [1.807, 2.05) is 37.3 Å². The third kappa shape index (κ3) is 4.07. The number of carbonyl (C=O) groups excluding carboxylic acids is 1. The molecule has 2 rings (SSSR count). The Morgan fingerprint density at radius 2 is 2.05 bits per heavy atom. The highest BCUT2D eigenvalue weighted by atomic mass is 16.5. The molecule has 0 aromatic heterocycles. The Morgan fingerprint density at radius 3 is 2.71 bits per heavy atom. The fourth-order valence-electron chi connectivity index (χ4n) is 3.33. The number of hydrogen-bond donors (Lipinski definition) is 0. The van der Waals surface area contributed by atoms with Crippen molar-refractivity contribution in [1.82, 2.24) is 4.90 Å². The molecule has 1 saturated heterocycles. The number of rotatable bonds is 6. The molecule has 1 aliphatic rings. The van der Waals surface area contributed by atoms with E-state index in [4.69, 9.17) is 4.74 Å². The Morgan fingerprint density at radius 1 is 1.29 bits per heavy atom. The summed E-state index contributed by atoms with van der Waals surface area (Å²) in [6.07, 6.45) is 5.94. The molecule has 1 heterocycles. The van der Waals surface area contributed by atoms with Crippen molar-refractivity contribution in [3.63, 3.8) is 0 Å². The van der Waals surface area contributed by atoms with Crippen LogP contribution in [0.1, 0.15) is 57.6 Å². The van der Waals surface area contributed by atoms with Gasteiger partial charge in [0.05, 0.1) is 6.61 Å². The minimum atomic E-state index is -0.247. The van der Waals surface area contributed by atoms with Crippen LogP contribution in [-0.2, 0) is 9.53 Å². The number of esters is 1. The summed E-state index contributed by atoms with van der Waals surface area (Å²) in [6, 6.07) is 10.3. The summed E-state index contributed by atoms with van der Waals surface area (Å²) in [4.78, 5) is 14.9. The van der Waals surface area contributed by atoms with Gasteiger partial charge in [-0.05, 0) is 38.3 Å². The highest BCUT2D eigenvalue weighted by Crippen LogP contribution is 2.31. The number of hydrogen-bond acceptors (Lipinski definition) is 3. The number of likely N-dealkylation sites (tertiary alicyclic amines) is 1. The van der Waals surface area contributed by atoms with Gasteiger partial charge < -0.3 is 4.74 Å². The van der Waals surface area contributed by atoms with Crippen LogP contribution < -0.4 is 0 Å². The van der Waals surface area contributed by atoms with Crippen molar-refractivity contribution in [3.8, 4) is 0 Å². The maximum Gasteiger partial charge on any atom is 0.328 e. The summed E-state index contributed by atoms with van der Waals surface area (Å²) in [5.41, 5.74) is 1.05. The van der Waals surface area contributed by atoms with Gasteiger partial charge in [0.1, 0.15) is 6.04 Å². The zero-order chi connectivity index (χ0) is 15.1. The van der Waals surface area contributed by atoms with Crippen LogP contribution in [-0.4, -0.2) is 30.1 Å². The molecular formula is C18H27NO2. The zero-order valence-corrected chi connectivity index (χ0v) is 13.3. The lowest BCUT2D eigenvalue weighted by Crippen LogP contribution is -2.45. The summed E-state index contributed by atoms with van der Waals surface area (Å²) >= 11 is 0. The first-order valence-corrected chi connectivity index (χ1v) is 8.25. The van der Waals surface area contributed by atoms with Gasteiger partial charge in [0.2, 0.25) is 0 Å². The van der Waals surface area contributed by atoms with Crippen molar-refractivity contribution >= 4 is 5.97 Å². The molecule has 2 unspecified atom stereocenters. The molecule has 1 aliphatic heterocycles. The Bertz CT molecular complexity index is 430. The van der Waals surface area contributed by atoms with Crippen LogP contribution >= 0.6 is 0 Å². The van der Waals surface area contributed by atoms with Crippen molar-refractivity contribution in [3.05, 3.63) is 35.9 Å². The SMILES string of the molecule is CCCC1CCCCN1C(C(=O)OCC)c1ccccc1. The molecule has 116 valence electrons. The number of nitrogens with zero attached hydrogens (tertiary/aromatic N) is 1. The summed E-state index contributed by atoms with van der Waals surface area (Å²) in [6.45, 7) is 5.52. The number of carbonyl (C=O) groups is 1. The molecule has 3 nitrogen and oxygen atoms in total. The van der Waals surface area contributed by atoms with E-state index in [1.165, 1.54) is 19.3 Å². The van der Waals surface area contributed by atoms with E-state index in [-0.39, 0.29) is 12.0 Å². The zero-order valence-electron chi connectivity index (χ0n) is 13.3. The maximum absolute atomic E-state index is 12.5. The average molecular weight is 289 g/mol. The van der Waals surface area contributed by atoms with E-state index >= 15 is 0 Å². The van der Waals surface area contributed by atoms with Crippen LogP contribution in [0.25, 0.3) is 0 Å². The molecular weight excluding hydrogens is 262 g/mol. The molecule has 0 radical (unpaired) electrons. The third-order valence-corrected chi connectivity index (χ3v) is 4.25. The Balaban J connectivity index is 2.26. The van der Waals surface area contributed by atoms with Crippen molar-refractivity contribution in [2.24, 2.45) is 0 Å². The number of piperidine rings is 1. The average Bonchev–Trinajstić information content (AvgIpc) is 2.51. The van der Waals surface area contributed by atoms with Gasteiger partial charge in [0.15, 0.2) is 0 Å². The second-order valence-corrected chi connectivity index (χ2v) is 5.74. The fourth-order valence-corrected chi connectivity index (χ4v) is 3.33. The van der Waals surface area contributed by atoms with Gasteiger partial charge in [-0.15, -0.1) is 0 Å². The summed E-state index contributed by atoms with van der Waals surface area (Å²) in [5.74, 6) is -0.105. The van der Waals surface area contributed by atoms with E-state index in [9.17, 15) is 4.79 Å². The van der Waals surface area contributed by atoms with Gasteiger partial charge >= 0.3 is 5.97 Å². The van der Waals surface area contributed by atoms with Crippen LogP contribution in [0.4, 0.5) is 0 Å². The summed E-state index contributed by atoms with van der Waals surface area (Å²) in [5, 5.41) is 0. The van der Waals surface area contributed by atoms with Gasteiger partial charge in [0.25, 0.3) is 0 Å². The highest BCUT2D eigenvalue weighted by molar-refractivity contribution is 5.77. The minimum absolute atomic E-state index is 0.105. The molecule has 1 aromatic rings. The largest absolute Gasteiger partial charge is 0.465 e. The highest BCUT2D eigenvalue weighted by Gasteiger charge is 2.34. The molecule has 0 amide bonds. The summed E-state index contributed by atoms with van der Waals surface area (Å²) in [7, 11) is 0. The normalized spacial score (nSPS) is 21.0. The lowest BCUT2D eigenvalue weighted by Gasteiger charge is -2.40. The van der Waals surface area contributed by atoms with E-state index in [2.05, 4.69) is 11.8 Å². The molecule has 0 bridgehead atoms. The Labute approximate surface area is 128 Å². The van der Waals surface area contributed by atoms with E-state index in [0.717, 1.165) is 24.9 Å². The van der Waals surface area contributed by atoms with E-state index < -0.39 is 0 Å². The second kappa shape index (κ2) is 8.18. The first kappa shape index (κ1) is 16.0. The van der Waals surface area contributed by atoms with Crippen LogP contribution in [0.15, 0.2) is 30.3 Å². The topological polar surface area (TPSA) is 29.5 Å². The first-order chi connectivity index (χ1) is 10.3. The molecule has 0 N–H and O–H groups in total. The standard InChI is InChI=1S/C18H27NO2/c1-3-10-16-13-8-9-14-19(16)17(18(20)21-4-2)15-11-6-5-7-12-15/h5-7,11-12,16-17H,3-4,8-10,13-14H2,1-2H3.